The molecule has 1 aliphatic rings. The molecular formula is C11H23N3O. The Bertz CT molecular complexity index is 214. The zero-order valence-corrected chi connectivity index (χ0v) is 10.0. The minimum absolute atomic E-state index is 0.0891. The van der Waals surface area contributed by atoms with Gasteiger partial charge in [-0.3, -0.25) is 4.79 Å². The van der Waals surface area contributed by atoms with Crippen LogP contribution in [0.1, 0.15) is 27.2 Å². The van der Waals surface area contributed by atoms with Crippen LogP contribution >= 0.6 is 0 Å². The van der Waals surface area contributed by atoms with Gasteiger partial charge in [0.25, 0.3) is 0 Å². The third-order valence-corrected chi connectivity index (χ3v) is 2.85. The van der Waals surface area contributed by atoms with E-state index in [1.807, 2.05) is 25.7 Å². The molecule has 0 unspecified atom stereocenters. The highest BCUT2D eigenvalue weighted by atomic mass is 16.2. The van der Waals surface area contributed by atoms with Crippen LogP contribution in [0.2, 0.25) is 0 Å². The first-order chi connectivity index (χ1) is 6.93. The second-order valence-electron chi connectivity index (χ2n) is 5.27. The lowest BCUT2D eigenvalue weighted by atomic mass is 9.86. The average Bonchev–Trinajstić information content (AvgIpc) is 2.42. The Morgan fingerprint density at radius 1 is 1.33 bits per heavy atom. The lowest BCUT2D eigenvalue weighted by molar-refractivity contribution is -0.134. The highest BCUT2D eigenvalue weighted by molar-refractivity contribution is 5.82. The van der Waals surface area contributed by atoms with E-state index in [2.05, 4.69) is 5.32 Å². The summed E-state index contributed by atoms with van der Waals surface area (Å²) in [5.74, 6) is 0.0891. The van der Waals surface area contributed by atoms with E-state index in [0.717, 1.165) is 32.6 Å². The Morgan fingerprint density at radius 3 is 2.60 bits per heavy atom. The van der Waals surface area contributed by atoms with Gasteiger partial charge in [0.05, 0.1) is 6.04 Å². The molecule has 0 aromatic carbocycles. The minimum atomic E-state index is -0.393. The summed E-state index contributed by atoms with van der Waals surface area (Å²) in [7, 11) is 0. The molecule has 4 nitrogen and oxygen atoms in total. The topological polar surface area (TPSA) is 58.4 Å². The zero-order valence-electron chi connectivity index (χ0n) is 10.0. The lowest BCUT2D eigenvalue weighted by Crippen LogP contribution is -2.51. The molecule has 1 atom stereocenters. The van der Waals surface area contributed by atoms with E-state index in [1.54, 1.807) is 0 Å². The van der Waals surface area contributed by atoms with Crippen LogP contribution in [0.4, 0.5) is 0 Å². The molecule has 88 valence electrons. The molecule has 1 fully saturated rings. The van der Waals surface area contributed by atoms with Crippen LogP contribution in [-0.2, 0) is 4.79 Å². The smallest absolute Gasteiger partial charge is 0.240 e. The van der Waals surface area contributed by atoms with Crippen molar-refractivity contribution in [2.24, 2.45) is 11.1 Å². The molecule has 15 heavy (non-hydrogen) atoms. The summed E-state index contributed by atoms with van der Waals surface area (Å²) in [4.78, 5) is 14.0. The highest BCUT2D eigenvalue weighted by Gasteiger charge is 2.30. The maximum absolute atomic E-state index is 12.1. The normalized spacial score (nSPS) is 20.9. The number of carbonyl (C=O) groups excluding carboxylic acids is 1. The summed E-state index contributed by atoms with van der Waals surface area (Å²) in [6.45, 7) is 9.50. The van der Waals surface area contributed by atoms with E-state index in [1.165, 1.54) is 0 Å². The van der Waals surface area contributed by atoms with Crippen molar-refractivity contribution in [1.82, 2.24) is 10.2 Å². The van der Waals surface area contributed by atoms with Crippen LogP contribution in [0, 0.1) is 5.41 Å². The summed E-state index contributed by atoms with van der Waals surface area (Å²) in [5, 5.41) is 3.28. The molecular weight excluding hydrogens is 190 g/mol. The minimum Gasteiger partial charge on any atom is -0.340 e. The van der Waals surface area contributed by atoms with Gasteiger partial charge in [-0.2, -0.15) is 0 Å². The number of hydrogen-bond donors (Lipinski definition) is 2. The van der Waals surface area contributed by atoms with Crippen molar-refractivity contribution in [1.29, 1.82) is 0 Å². The van der Waals surface area contributed by atoms with Gasteiger partial charge in [0.2, 0.25) is 5.91 Å². The van der Waals surface area contributed by atoms with Crippen LogP contribution in [0.5, 0.6) is 0 Å². The predicted molar refractivity (Wildman–Crippen MR) is 61.5 cm³/mol. The fourth-order valence-corrected chi connectivity index (χ4v) is 1.63. The van der Waals surface area contributed by atoms with Crippen LogP contribution in [0.3, 0.4) is 0 Å². The van der Waals surface area contributed by atoms with Crippen LogP contribution in [0.15, 0.2) is 0 Å². The van der Waals surface area contributed by atoms with Gasteiger partial charge in [0, 0.05) is 19.6 Å². The molecule has 1 heterocycles. The van der Waals surface area contributed by atoms with E-state index >= 15 is 0 Å². The maximum atomic E-state index is 12.1. The average molecular weight is 213 g/mol. The molecule has 0 aromatic heterocycles. The van der Waals surface area contributed by atoms with Gasteiger partial charge in [-0.15, -0.1) is 0 Å². The number of nitrogens with one attached hydrogen (secondary N) is 1. The van der Waals surface area contributed by atoms with Crippen molar-refractivity contribution in [2.45, 2.75) is 33.2 Å². The molecule has 0 aromatic rings. The van der Waals surface area contributed by atoms with Gasteiger partial charge in [0.1, 0.15) is 0 Å². The molecule has 4 heteroatoms. The van der Waals surface area contributed by atoms with E-state index in [0.29, 0.717) is 0 Å². The Kier molecular flexibility index (Phi) is 4.11. The molecule has 1 amide bonds. The Labute approximate surface area is 92.2 Å². The van der Waals surface area contributed by atoms with Crippen molar-refractivity contribution in [2.75, 3.05) is 26.2 Å². The van der Waals surface area contributed by atoms with E-state index in [-0.39, 0.29) is 11.3 Å². The number of hydrogen-bond acceptors (Lipinski definition) is 3. The van der Waals surface area contributed by atoms with Crippen molar-refractivity contribution in [3.05, 3.63) is 0 Å². The van der Waals surface area contributed by atoms with Gasteiger partial charge in [-0.1, -0.05) is 20.8 Å². The molecule has 0 aliphatic carbocycles. The van der Waals surface area contributed by atoms with Crippen LogP contribution < -0.4 is 11.1 Å². The molecule has 0 spiro atoms. The lowest BCUT2D eigenvalue weighted by Gasteiger charge is -2.31. The van der Waals surface area contributed by atoms with Gasteiger partial charge in [-0.05, 0) is 18.4 Å². The van der Waals surface area contributed by atoms with Gasteiger partial charge < -0.3 is 16.0 Å². The molecule has 3 N–H and O–H groups in total. The number of carbonyl (C=O) groups is 1. The maximum Gasteiger partial charge on any atom is 0.240 e. The first kappa shape index (κ1) is 12.5. The Morgan fingerprint density at radius 2 is 2.00 bits per heavy atom. The Hall–Kier alpha value is -0.610. The summed E-state index contributed by atoms with van der Waals surface area (Å²) < 4.78 is 0. The fourth-order valence-electron chi connectivity index (χ4n) is 1.63. The van der Waals surface area contributed by atoms with Crippen molar-refractivity contribution in [3.8, 4) is 0 Å². The second kappa shape index (κ2) is 4.94. The van der Waals surface area contributed by atoms with Crippen molar-refractivity contribution in [3.63, 3.8) is 0 Å². The van der Waals surface area contributed by atoms with Gasteiger partial charge >= 0.3 is 0 Å². The summed E-state index contributed by atoms with van der Waals surface area (Å²) in [6, 6.07) is -0.393. The van der Waals surface area contributed by atoms with Gasteiger partial charge in [0.15, 0.2) is 0 Å². The Balaban J connectivity index is 2.58. The summed E-state index contributed by atoms with van der Waals surface area (Å²) in [6.07, 6.45) is 1.02. The first-order valence-electron chi connectivity index (χ1n) is 5.68. The monoisotopic (exact) mass is 213 g/mol. The number of nitrogens with zero attached hydrogens (tertiary/aromatic N) is 1. The van der Waals surface area contributed by atoms with E-state index < -0.39 is 6.04 Å². The molecule has 0 bridgehead atoms. The SMILES string of the molecule is CC(C)(C)[C@H](N)C(=O)N1CCCNCC1. The van der Waals surface area contributed by atoms with Crippen molar-refractivity contribution < 1.29 is 4.79 Å². The summed E-state index contributed by atoms with van der Waals surface area (Å²) >= 11 is 0. The molecule has 1 aliphatic heterocycles. The largest absolute Gasteiger partial charge is 0.340 e. The zero-order chi connectivity index (χ0) is 11.5. The first-order valence-corrected chi connectivity index (χ1v) is 5.68. The molecule has 1 saturated heterocycles. The fraction of sp³-hybridized carbons (Fsp3) is 0.909. The van der Waals surface area contributed by atoms with Crippen molar-refractivity contribution >= 4 is 5.91 Å². The van der Waals surface area contributed by atoms with E-state index in [4.69, 9.17) is 5.73 Å². The molecule has 1 rings (SSSR count). The number of amides is 1. The quantitative estimate of drug-likeness (QED) is 0.653. The predicted octanol–water partition coefficient (Wildman–Crippen LogP) is 0.182. The number of nitrogens with two attached hydrogens (primary N) is 1. The summed E-state index contributed by atoms with van der Waals surface area (Å²) in [5.41, 5.74) is 5.81. The van der Waals surface area contributed by atoms with E-state index in [9.17, 15) is 4.79 Å². The third-order valence-electron chi connectivity index (χ3n) is 2.85. The third kappa shape index (κ3) is 3.47. The number of rotatable bonds is 1. The van der Waals surface area contributed by atoms with Crippen LogP contribution in [0.25, 0.3) is 0 Å². The standard InChI is InChI=1S/C11H23N3O/c1-11(2,3)9(12)10(15)14-7-4-5-13-6-8-14/h9,13H,4-8,12H2,1-3H3/t9-/m1/s1. The molecule has 0 radical (unpaired) electrons. The second-order valence-corrected chi connectivity index (χ2v) is 5.27. The van der Waals surface area contributed by atoms with Crippen LogP contribution in [-0.4, -0.2) is 43.0 Å². The molecule has 0 saturated carbocycles. The van der Waals surface area contributed by atoms with Gasteiger partial charge in [-0.25, -0.2) is 0 Å². The highest BCUT2D eigenvalue weighted by Crippen LogP contribution is 2.19.